The highest BCUT2D eigenvalue weighted by Gasteiger charge is 2.74. The average molecular weight is 482 g/mol. The third kappa shape index (κ3) is 2.89. The van der Waals surface area contributed by atoms with Gasteiger partial charge in [0.25, 0.3) is 0 Å². The van der Waals surface area contributed by atoms with Gasteiger partial charge in [-0.25, -0.2) is 4.90 Å². The van der Waals surface area contributed by atoms with Crippen LogP contribution in [-0.2, 0) is 14.3 Å². The minimum atomic E-state index is -2.09. The number of hydrogen-bond acceptors (Lipinski definition) is 6. The Morgan fingerprint density at radius 3 is 2.08 bits per heavy atom. The molecular weight excluding hydrogens is 458 g/mol. The number of benzene rings is 3. The van der Waals surface area contributed by atoms with Crippen molar-refractivity contribution in [2.75, 3.05) is 11.5 Å². The lowest BCUT2D eigenvalue weighted by atomic mass is 9.77. The molecule has 2 saturated heterocycles. The van der Waals surface area contributed by atoms with Crippen molar-refractivity contribution in [1.29, 1.82) is 0 Å². The van der Waals surface area contributed by atoms with Crippen LogP contribution in [0.1, 0.15) is 45.7 Å². The van der Waals surface area contributed by atoms with Crippen molar-refractivity contribution in [1.82, 2.24) is 0 Å². The molecule has 0 bridgehead atoms. The number of anilines is 1. The Morgan fingerprint density at radius 2 is 1.42 bits per heavy atom. The second-order valence-corrected chi connectivity index (χ2v) is 9.22. The van der Waals surface area contributed by atoms with Crippen molar-refractivity contribution in [2.45, 2.75) is 25.0 Å². The molecule has 0 unspecified atom stereocenters. The summed E-state index contributed by atoms with van der Waals surface area (Å²) in [6.45, 7) is 2.37. The first-order chi connectivity index (χ1) is 17.5. The normalized spacial score (nSPS) is 23.9. The molecule has 0 saturated carbocycles. The Kier molecular flexibility index (Phi) is 5.12. The summed E-state index contributed by atoms with van der Waals surface area (Å²) in [5, 5.41) is 0. The van der Waals surface area contributed by atoms with Crippen LogP contribution in [0.2, 0.25) is 0 Å². The van der Waals surface area contributed by atoms with Gasteiger partial charge in [-0.2, -0.15) is 0 Å². The van der Waals surface area contributed by atoms with Crippen LogP contribution < -0.4 is 9.64 Å². The number of para-hydroxylation sites is 2. The van der Waals surface area contributed by atoms with Gasteiger partial charge in [-0.1, -0.05) is 73.7 Å². The van der Waals surface area contributed by atoms with Crippen molar-refractivity contribution in [3.63, 3.8) is 0 Å². The van der Waals surface area contributed by atoms with Crippen molar-refractivity contribution in [2.24, 2.45) is 11.8 Å². The maximum atomic E-state index is 14.1. The molecule has 1 aliphatic carbocycles. The molecule has 180 valence electrons. The van der Waals surface area contributed by atoms with Gasteiger partial charge in [0.1, 0.15) is 5.75 Å². The van der Waals surface area contributed by atoms with E-state index in [2.05, 4.69) is 0 Å². The summed E-state index contributed by atoms with van der Waals surface area (Å²) in [6.07, 6.45) is -0.195. The van der Waals surface area contributed by atoms with Crippen molar-refractivity contribution < 1.29 is 28.7 Å². The molecule has 2 aliphatic heterocycles. The molecule has 2 amide bonds. The third-order valence-corrected chi connectivity index (χ3v) is 7.22. The molecule has 2 heterocycles. The number of amides is 2. The van der Waals surface area contributed by atoms with Crippen LogP contribution in [-0.4, -0.2) is 35.6 Å². The largest absolute Gasteiger partial charge is 0.491 e. The van der Waals surface area contributed by atoms with E-state index in [4.69, 9.17) is 9.47 Å². The topological polar surface area (TPSA) is 90.0 Å². The van der Waals surface area contributed by atoms with Gasteiger partial charge >= 0.3 is 0 Å². The van der Waals surface area contributed by atoms with Crippen LogP contribution in [0.4, 0.5) is 5.69 Å². The lowest BCUT2D eigenvalue weighted by Crippen LogP contribution is -2.51. The smallest absolute Gasteiger partial charge is 0.241 e. The molecule has 7 nitrogen and oxygen atoms in total. The quantitative estimate of drug-likeness (QED) is 0.401. The molecule has 3 aromatic carbocycles. The van der Waals surface area contributed by atoms with E-state index >= 15 is 0 Å². The van der Waals surface area contributed by atoms with Crippen molar-refractivity contribution in [3.8, 4) is 5.75 Å². The molecule has 1 spiro atoms. The highest BCUT2D eigenvalue weighted by molar-refractivity contribution is 6.37. The number of ketones is 2. The fourth-order valence-corrected chi connectivity index (χ4v) is 5.67. The average Bonchev–Trinajstić information content (AvgIpc) is 3.48. The molecule has 7 heteroatoms. The molecule has 3 aromatic rings. The molecule has 0 N–H and O–H groups in total. The van der Waals surface area contributed by atoms with Crippen LogP contribution in [0.15, 0.2) is 78.9 Å². The van der Waals surface area contributed by atoms with Crippen LogP contribution >= 0.6 is 0 Å². The summed E-state index contributed by atoms with van der Waals surface area (Å²) in [7, 11) is 0. The second kappa shape index (κ2) is 8.24. The summed E-state index contributed by atoms with van der Waals surface area (Å²) < 4.78 is 12.1. The molecule has 3 atom stereocenters. The van der Waals surface area contributed by atoms with Crippen LogP contribution in [0, 0.1) is 11.8 Å². The summed E-state index contributed by atoms with van der Waals surface area (Å²) in [4.78, 5) is 56.7. The second-order valence-electron chi connectivity index (χ2n) is 9.22. The van der Waals surface area contributed by atoms with Crippen LogP contribution in [0.5, 0.6) is 5.75 Å². The number of hydrogen-bond donors (Lipinski definition) is 0. The van der Waals surface area contributed by atoms with Gasteiger partial charge in [0, 0.05) is 11.1 Å². The van der Waals surface area contributed by atoms with E-state index in [1.807, 2.05) is 13.0 Å². The monoisotopic (exact) mass is 481 g/mol. The van der Waals surface area contributed by atoms with Gasteiger partial charge < -0.3 is 9.47 Å². The summed E-state index contributed by atoms with van der Waals surface area (Å²) in [5.41, 5.74) is -0.747. The van der Waals surface area contributed by atoms with Gasteiger partial charge in [0.15, 0.2) is 0 Å². The Labute approximate surface area is 207 Å². The first kappa shape index (κ1) is 22.4. The van der Waals surface area contributed by atoms with Gasteiger partial charge in [0.2, 0.25) is 29.0 Å². The van der Waals surface area contributed by atoms with E-state index in [-0.39, 0.29) is 11.1 Å². The standard InChI is InChI=1S/C29H23NO6/c1-2-16-35-21-15-9-8-14-20(21)30-27(33)22-23(28(30)34)29(36-24(22)17-10-4-3-5-11-17)25(31)18-12-6-7-13-19(18)26(29)32/h3-15,22-24H,2,16H2,1H3/t22-,23-,24-/m0/s1. The number of nitrogens with zero attached hydrogens (tertiary/aromatic N) is 1. The van der Waals surface area contributed by atoms with Crippen molar-refractivity contribution in [3.05, 3.63) is 95.6 Å². The number of carbonyl (C=O) groups excluding carboxylic acids is 4. The van der Waals surface area contributed by atoms with Gasteiger partial charge in [0.05, 0.1) is 30.2 Å². The Balaban J connectivity index is 1.52. The molecule has 0 aromatic heterocycles. The van der Waals surface area contributed by atoms with E-state index in [1.54, 1.807) is 72.8 Å². The Morgan fingerprint density at radius 1 is 0.806 bits per heavy atom. The van der Waals surface area contributed by atoms with Crippen molar-refractivity contribution >= 4 is 29.1 Å². The van der Waals surface area contributed by atoms with E-state index in [9.17, 15) is 19.2 Å². The minimum Gasteiger partial charge on any atom is -0.491 e. The lowest BCUT2D eigenvalue weighted by Gasteiger charge is -2.27. The summed E-state index contributed by atoms with van der Waals surface area (Å²) >= 11 is 0. The molecule has 2 fully saturated rings. The number of carbonyl (C=O) groups is 4. The number of rotatable bonds is 5. The highest BCUT2D eigenvalue weighted by atomic mass is 16.5. The number of fused-ring (bicyclic) bond motifs is 3. The molecule has 36 heavy (non-hydrogen) atoms. The zero-order valence-electron chi connectivity index (χ0n) is 19.5. The zero-order chi connectivity index (χ0) is 25.0. The first-order valence-corrected chi connectivity index (χ1v) is 12.0. The summed E-state index contributed by atoms with van der Waals surface area (Å²) in [6, 6.07) is 22.2. The first-order valence-electron chi connectivity index (χ1n) is 12.0. The molecule has 3 aliphatic rings. The van der Waals surface area contributed by atoms with Crippen LogP contribution in [0.25, 0.3) is 0 Å². The maximum Gasteiger partial charge on any atom is 0.241 e. The van der Waals surface area contributed by atoms with Crippen LogP contribution in [0.3, 0.4) is 0 Å². The minimum absolute atomic E-state index is 0.209. The Hall–Kier alpha value is -4.10. The lowest BCUT2D eigenvalue weighted by molar-refractivity contribution is -0.127. The molecular formula is C29H23NO6. The predicted molar refractivity (Wildman–Crippen MR) is 130 cm³/mol. The highest BCUT2D eigenvalue weighted by Crippen LogP contribution is 2.58. The fourth-order valence-electron chi connectivity index (χ4n) is 5.67. The van der Waals surface area contributed by atoms with Gasteiger partial charge in [-0.15, -0.1) is 0 Å². The van der Waals surface area contributed by atoms with E-state index < -0.39 is 46.9 Å². The maximum absolute atomic E-state index is 14.1. The fraction of sp³-hybridized carbons (Fsp3) is 0.241. The molecule has 0 radical (unpaired) electrons. The predicted octanol–water partition coefficient (Wildman–Crippen LogP) is 4.17. The van der Waals surface area contributed by atoms with Gasteiger partial charge in [-0.3, -0.25) is 19.2 Å². The van der Waals surface area contributed by atoms with E-state index in [1.165, 1.54) is 0 Å². The van der Waals surface area contributed by atoms with E-state index in [0.29, 0.717) is 23.6 Å². The third-order valence-electron chi connectivity index (χ3n) is 7.22. The summed E-state index contributed by atoms with van der Waals surface area (Å²) in [5.74, 6) is -4.24. The zero-order valence-corrected chi connectivity index (χ0v) is 19.5. The SMILES string of the molecule is CCCOc1ccccc1N1C(=O)[C@H]2[C@@H](C1=O)C1(O[C@H]2c2ccccc2)C(=O)c2ccccc2C1=O. The van der Waals surface area contributed by atoms with Gasteiger partial charge in [-0.05, 0) is 24.1 Å². The number of imide groups is 1. The molecule has 6 rings (SSSR count). The number of Topliss-reactive ketones (excluding diaryl/α,β-unsaturated/α-hetero) is 2. The number of ether oxygens (including phenoxy) is 2. The van der Waals surface area contributed by atoms with E-state index in [0.717, 1.165) is 11.3 Å². The Bertz CT molecular complexity index is 1380.